The van der Waals surface area contributed by atoms with E-state index in [4.69, 9.17) is 14.0 Å². The zero-order valence-corrected chi connectivity index (χ0v) is 14.7. The standard InChI is InChI=1S/C19H25BO3/c1-8-10-15(9-2)21-16-11-12-17(14(3)13-16)20-22-18(4,5)19(6,7)23-20/h8-13H,1-2H2,3-7H3/b15-10+. The van der Waals surface area contributed by atoms with Crippen molar-refractivity contribution in [3.05, 3.63) is 60.9 Å². The minimum Gasteiger partial charge on any atom is -0.457 e. The van der Waals surface area contributed by atoms with E-state index in [-0.39, 0.29) is 18.3 Å². The van der Waals surface area contributed by atoms with Crippen LogP contribution in [0.4, 0.5) is 0 Å². The highest BCUT2D eigenvalue weighted by atomic mass is 16.7. The molecular weight excluding hydrogens is 287 g/mol. The third-order valence-corrected chi connectivity index (χ3v) is 4.47. The maximum atomic E-state index is 6.11. The fourth-order valence-corrected chi connectivity index (χ4v) is 2.34. The van der Waals surface area contributed by atoms with E-state index in [0.29, 0.717) is 5.76 Å². The van der Waals surface area contributed by atoms with Crippen molar-refractivity contribution in [3.8, 4) is 5.75 Å². The lowest BCUT2D eigenvalue weighted by Crippen LogP contribution is -2.41. The first kappa shape index (κ1) is 17.6. The average Bonchev–Trinajstić information content (AvgIpc) is 2.66. The topological polar surface area (TPSA) is 27.7 Å². The monoisotopic (exact) mass is 312 g/mol. The van der Waals surface area contributed by atoms with E-state index in [1.807, 2.05) is 25.1 Å². The lowest BCUT2D eigenvalue weighted by atomic mass is 9.76. The van der Waals surface area contributed by atoms with Crippen molar-refractivity contribution < 1.29 is 14.0 Å². The van der Waals surface area contributed by atoms with Crippen molar-refractivity contribution in [1.29, 1.82) is 0 Å². The van der Waals surface area contributed by atoms with Gasteiger partial charge < -0.3 is 14.0 Å². The van der Waals surface area contributed by atoms with Crippen molar-refractivity contribution in [2.45, 2.75) is 45.8 Å². The van der Waals surface area contributed by atoms with Crippen LogP contribution in [0.2, 0.25) is 0 Å². The second kappa shape index (κ2) is 6.38. The number of hydrogen-bond donors (Lipinski definition) is 0. The van der Waals surface area contributed by atoms with Crippen molar-refractivity contribution in [3.63, 3.8) is 0 Å². The van der Waals surface area contributed by atoms with Gasteiger partial charge >= 0.3 is 7.12 Å². The molecule has 2 rings (SSSR count). The molecule has 1 aromatic rings. The van der Waals surface area contributed by atoms with Crippen LogP contribution in [-0.2, 0) is 9.31 Å². The predicted octanol–water partition coefficient (Wildman–Crippen LogP) is 3.93. The molecule has 0 radical (unpaired) electrons. The summed E-state index contributed by atoms with van der Waals surface area (Å²) in [5.74, 6) is 1.40. The molecule has 23 heavy (non-hydrogen) atoms. The molecule has 0 N–H and O–H groups in total. The van der Waals surface area contributed by atoms with Gasteiger partial charge in [-0.05, 0) is 69.9 Å². The fourth-order valence-electron chi connectivity index (χ4n) is 2.34. The largest absolute Gasteiger partial charge is 0.495 e. The lowest BCUT2D eigenvalue weighted by molar-refractivity contribution is 0.00578. The van der Waals surface area contributed by atoms with Crippen molar-refractivity contribution >= 4 is 12.6 Å². The van der Waals surface area contributed by atoms with E-state index >= 15 is 0 Å². The molecule has 1 aliphatic rings. The van der Waals surface area contributed by atoms with Crippen LogP contribution in [0.3, 0.4) is 0 Å². The summed E-state index contributed by atoms with van der Waals surface area (Å²) >= 11 is 0. The van der Waals surface area contributed by atoms with Crippen molar-refractivity contribution in [1.82, 2.24) is 0 Å². The molecule has 0 atom stereocenters. The van der Waals surface area contributed by atoms with Gasteiger partial charge in [0.05, 0.1) is 11.2 Å². The quantitative estimate of drug-likeness (QED) is 0.468. The van der Waals surface area contributed by atoms with Gasteiger partial charge in [0.15, 0.2) is 0 Å². The molecule has 1 aliphatic heterocycles. The molecule has 1 saturated heterocycles. The first-order valence-electron chi connectivity index (χ1n) is 7.79. The Morgan fingerprint density at radius 2 is 1.74 bits per heavy atom. The zero-order valence-electron chi connectivity index (χ0n) is 14.7. The number of allylic oxidation sites excluding steroid dienone is 3. The normalized spacial score (nSPS) is 19.5. The van der Waals surface area contributed by atoms with Gasteiger partial charge in [0.25, 0.3) is 0 Å². The van der Waals surface area contributed by atoms with Gasteiger partial charge in [0.1, 0.15) is 11.5 Å². The number of rotatable bonds is 5. The lowest BCUT2D eigenvalue weighted by Gasteiger charge is -2.32. The molecule has 3 nitrogen and oxygen atoms in total. The van der Waals surface area contributed by atoms with Crippen molar-refractivity contribution in [2.75, 3.05) is 0 Å². The summed E-state index contributed by atoms with van der Waals surface area (Å²) in [5.41, 5.74) is 1.39. The third-order valence-electron chi connectivity index (χ3n) is 4.47. The Labute approximate surface area is 139 Å². The second-order valence-corrected chi connectivity index (χ2v) is 6.72. The molecule has 0 bridgehead atoms. The van der Waals surface area contributed by atoms with Crippen LogP contribution in [0.1, 0.15) is 33.3 Å². The Balaban J connectivity index is 2.23. The first-order chi connectivity index (χ1) is 10.7. The molecule has 0 amide bonds. The van der Waals surface area contributed by atoms with E-state index in [1.165, 1.54) is 0 Å². The van der Waals surface area contributed by atoms with Crippen LogP contribution in [0.15, 0.2) is 55.3 Å². The van der Waals surface area contributed by atoms with Crippen LogP contribution in [-0.4, -0.2) is 18.3 Å². The number of aryl methyl sites for hydroxylation is 1. The van der Waals surface area contributed by atoms with E-state index < -0.39 is 0 Å². The van der Waals surface area contributed by atoms with Gasteiger partial charge in [-0.1, -0.05) is 25.3 Å². The van der Waals surface area contributed by atoms with Gasteiger partial charge in [0.2, 0.25) is 0 Å². The molecule has 122 valence electrons. The molecule has 0 saturated carbocycles. The highest BCUT2D eigenvalue weighted by molar-refractivity contribution is 6.62. The molecule has 0 aromatic heterocycles. The summed E-state index contributed by atoms with van der Waals surface area (Å²) in [5, 5.41) is 0. The molecular formula is C19H25BO3. The Morgan fingerprint density at radius 3 is 2.22 bits per heavy atom. The van der Waals surface area contributed by atoms with Gasteiger partial charge in [-0.2, -0.15) is 0 Å². The Bertz CT molecular complexity index is 628. The Morgan fingerprint density at radius 1 is 1.13 bits per heavy atom. The van der Waals surface area contributed by atoms with Crippen LogP contribution >= 0.6 is 0 Å². The van der Waals surface area contributed by atoms with Gasteiger partial charge in [-0.3, -0.25) is 0 Å². The highest BCUT2D eigenvalue weighted by Crippen LogP contribution is 2.36. The summed E-state index contributed by atoms with van der Waals surface area (Å²) in [6.07, 6.45) is 5.09. The first-order valence-corrected chi connectivity index (χ1v) is 7.79. The van der Waals surface area contributed by atoms with Crippen LogP contribution in [0.5, 0.6) is 5.75 Å². The summed E-state index contributed by atoms with van der Waals surface area (Å²) in [6.45, 7) is 17.6. The summed E-state index contributed by atoms with van der Waals surface area (Å²) in [6, 6.07) is 5.87. The van der Waals surface area contributed by atoms with E-state index in [0.717, 1.165) is 16.8 Å². The second-order valence-electron chi connectivity index (χ2n) is 6.72. The minimum absolute atomic E-state index is 0.345. The molecule has 4 heteroatoms. The van der Waals surface area contributed by atoms with Gasteiger partial charge in [0, 0.05) is 0 Å². The summed E-state index contributed by atoms with van der Waals surface area (Å²) in [4.78, 5) is 0. The summed E-state index contributed by atoms with van der Waals surface area (Å²) in [7, 11) is -0.364. The molecule has 1 aromatic carbocycles. The van der Waals surface area contributed by atoms with Crippen LogP contribution in [0.25, 0.3) is 0 Å². The maximum absolute atomic E-state index is 6.11. The SMILES string of the molecule is C=C/C=C(\C=C)Oc1ccc(B2OC(C)(C)C(C)(C)O2)c(C)c1. The van der Waals surface area contributed by atoms with Crippen LogP contribution in [0, 0.1) is 6.92 Å². The molecule has 0 aliphatic carbocycles. The minimum atomic E-state index is -0.364. The molecule has 1 fully saturated rings. The highest BCUT2D eigenvalue weighted by Gasteiger charge is 2.52. The molecule has 0 spiro atoms. The van der Waals surface area contributed by atoms with E-state index in [2.05, 4.69) is 40.9 Å². The average molecular weight is 312 g/mol. The smallest absolute Gasteiger partial charge is 0.457 e. The van der Waals surface area contributed by atoms with Crippen LogP contribution < -0.4 is 10.2 Å². The molecule has 1 heterocycles. The number of benzene rings is 1. The molecule has 0 unspecified atom stereocenters. The summed E-state index contributed by atoms with van der Waals surface area (Å²) < 4.78 is 18.0. The van der Waals surface area contributed by atoms with E-state index in [9.17, 15) is 0 Å². The van der Waals surface area contributed by atoms with Gasteiger partial charge in [-0.25, -0.2) is 0 Å². The third kappa shape index (κ3) is 3.60. The zero-order chi connectivity index (χ0) is 17.3. The maximum Gasteiger partial charge on any atom is 0.495 e. The Kier molecular flexibility index (Phi) is 4.88. The van der Waals surface area contributed by atoms with Crippen molar-refractivity contribution in [2.24, 2.45) is 0 Å². The fraction of sp³-hybridized carbons (Fsp3) is 0.368. The predicted molar refractivity (Wildman–Crippen MR) is 96.0 cm³/mol. The number of ether oxygens (including phenoxy) is 1. The Hall–Kier alpha value is -1.78. The van der Waals surface area contributed by atoms with E-state index in [1.54, 1.807) is 18.2 Å². The van der Waals surface area contributed by atoms with Gasteiger partial charge in [-0.15, -0.1) is 0 Å². The number of hydrogen-bond acceptors (Lipinski definition) is 3.